The zero-order valence-corrected chi connectivity index (χ0v) is 21.1. The maximum Gasteiger partial charge on any atom is 1.00 e. The molecule has 0 aliphatic carbocycles. The first-order chi connectivity index (χ1) is 13.3. The predicted molar refractivity (Wildman–Crippen MR) is 112 cm³/mol. The van der Waals surface area contributed by atoms with Gasteiger partial charge in [0.15, 0.2) is 0 Å². The van der Waals surface area contributed by atoms with Gasteiger partial charge in [0, 0.05) is 30.6 Å². The van der Waals surface area contributed by atoms with Crippen LogP contribution in [0, 0.1) is 0 Å². The molecule has 148 valence electrons. The molecule has 2 aromatic rings. The molecule has 0 heterocycles. The summed E-state index contributed by atoms with van der Waals surface area (Å²) in [6.45, 7) is -0.0374. The van der Waals surface area contributed by atoms with Gasteiger partial charge in [0.05, 0.1) is 22.0 Å². The van der Waals surface area contributed by atoms with Gasteiger partial charge in [0.1, 0.15) is 11.5 Å². The second kappa shape index (κ2) is 12.9. The quantitative estimate of drug-likeness (QED) is 0.256. The van der Waals surface area contributed by atoms with Crippen LogP contribution in [0.5, 0.6) is 11.5 Å². The van der Waals surface area contributed by atoms with Crippen molar-refractivity contribution >= 4 is 71.0 Å². The minimum Gasteiger partial charge on any atom is -0.805 e. The van der Waals surface area contributed by atoms with Crippen molar-refractivity contribution in [3.05, 3.63) is 53.3 Å². The Morgan fingerprint density at radius 2 is 1.17 bits per heavy atom. The Kier molecular flexibility index (Phi) is 11.8. The summed E-state index contributed by atoms with van der Waals surface area (Å²) in [4.78, 5) is 0. The Morgan fingerprint density at radius 1 is 0.793 bits per heavy atom. The van der Waals surface area contributed by atoms with Crippen molar-refractivity contribution in [2.75, 3.05) is 0 Å². The van der Waals surface area contributed by atoms with Crippen LogP contribution in [0.25, 0.3) is 0 Å². The van der Waals surface area contributed by atoms with Crippen LogP contribution < -0.4 is 23.9 Å². The van der Waals surface area contributed by atoms with Crippen LogP contribution in [-0.2, 0) is 22.6 Å². The molecule has 0 radical (unpaired) electrons. The normalized spacial score (nSPS) is 10.9. The van der Waals surface area contributed by atoms with E-state index in [0.717, 1.165) is 8.95 Å². The maximum absolute atomic E-state index is 11.4. The number of hydrogen-bond acceptors (Lipinski definition) is 9. The van der Waals surface area contributed by atoms with Gasteiger partial charge < -0.3 is 24.7 Å². The molecule has 0 saturated heterocycles. The molecule has 0 aliphatic rings. The molecule has 2 N–H and O–H groups in total. The van der Waals surface area contributed by atoms with E-state index in [9.17, 15) is 15.2 Å². The summed E-state index contributed by atoms with van der Waals surface area (Å²) in [7, 11) is -2.07. The Labute approximate surface area is 211 Å². The van der Waals surface area contributed by atoms with Crippen molar-refractivity contribution in [1.29, 1.82) is 0 Å². The molecule has 2 rings (SSSR count). The zero-order chi connectivity index (χ0) is 20.7. The second-order valence-corrected chi connectivity index (χ2v) is 8.59. The zero-order valence-electron chi connectivity index (χ0n) is 14.7. The molecule has 0 fully saturated rings. The van der Waals surface area contributed by atoms with Crippen molar-refractivity contribution in [3.8, 4) is 11.5 Å². The largest absolute Gasteiger partial charge is 1.00 e. The molecule has 0 saturated carbocycles. The standard InChI is InChI=1S/C14H10BBr4N4O5.Li/c16-9-1-7(13(24)11(18)3-9)5-20-22-27-15(26)28-23-21-6-8-2-10(17)4-12(19)14(8)25;/h1-4,24-25H,5-6H2;/q-1;+1/b22-20+,23-21+;. The van der Waals surface area contributed by atoms with Crippen LogP contribution in [0.2, 0.25) is 0 Å². The Bertz CT molecular complexity index is 837. The summed E-state index contributed by atoms with van der Waals surface area (Å²) in [5.41, 5.74) is 0.938. The monoisotopic (exact) mass is 648 g/mol. The van der Waals surface area contributed by atoms with E-state index < -0.39 is 7.32 Å². The summed E-state index contributed by atoms with van der Waals surface area (Å²) in [6.07, 6.45) is 0. The van der Waals surface area contributed by atoms with Crippen LogP contribution >= 0.6 is 63.7 Å². The number of nitrogens with zero attached hydrogens (tertiary/aromatic N) is 4. The Balaban J connectivity index is 0.00000420. The summed E-state index contributed by atoms with van der Waals surface area (Å²) >= 11 is 13.0. The third kappa shape index (κ3) is 8.57. The third-order valence-electron chi connectivity index (χ3n) is 3.08. The minimum atomic E-state index is -2.07. The second-order valence-electron chi connectivity index (χ2n) is 5.05. The molecule has 0 aromatic heterocycles. The predicted octanol–water partition coefficient (Wildman–Crippen LogP) is 1.96. The molecule has 0 amide bonds. The number of phenolic OH excluding ortho intramolecular Hbond substituents is 2. The molecular weight excluding hydrogens is 642 g/mol. The van der Waals surface area contributed by atoms with Gasteiger partial charge in [0.2, 0.25) is 0 Å². The summed E-state index contributed by atoms with van der Waals surface area (Å²) in [5, 5.41) is 44.9. The van der Waals surface area contributed by atoms with Gasteiger partial charge in [-0.2, -0.15) is 10.2 Å². The molecule has 0 aliphatic heterocycles. The van der Waals surface area contributed by atoms with E-state index in [1.54, 1.807) is 24.3 Å². The molecule has 0 atom stereocenters. The van der Waals surface area contributed by atoms with Crippen LogP contribution in [0.4, 0.5) is 0 Å². The van der Waals surface area contributed by atoms with Crippen molar-refractivity contribution in [2.45, 2.75) is 13.1 Å². The van der Waals surface area contributed by atoms with Crippen molar-refractivity contribution < 1.29 is 43.6 Å². The average molecular weight is 652 g/mol. The van der Waals surface area contributed by atoms with Gasteiger partial charge in [-0.3, -0.25) is 0 Å². The van der Waals surface area contributed by atoms with E-state index >= 15 is 0 Å². The molecule has 29 heavy (non-hydrogen) atoms. The number of phenols is 2. The topological polar surface area (TPSA) is 131 Å². The molecule has 0 unspecified atom stereocenters. The van der Waals surface area contributed by atoms with Crippen molar-refractivity contribution in [2.24, 2.45) is 20.8 Å². The Morgan fingerprint density at radius 3 is 1.55 bits per heavy atom. The third-order valence-corrected chi connectivity index (χ3v) is 5.20. The molecule has 0 spiro atoms. The van der Waals surface area contributed by atoms with Crippen LogP contribution in [0.3, 0.4) is 0 Å². The maximum atomic E-state index is 11.4. The van der Waals surface area contributed by atoms with Crippen molar-refractivity contribution in [3.63, 3.8) is 0 Å². The van der Waals surface area contributed by atoms with Gasteiger partial charge in [-0.05, 0) is 56.1 Å². The summed E-state index contributed by atoms with van der Waals surface area (Å²) in [5.74, 6) is 0.0154. The smallest absolute Gasteiger partial charge is 0.805 e. The Hall–Kier alpha value is -0.618. The first-order valence-corrected chi connectivity index (χ1v) is 10.5. The van der Waals surface area contributed by atoms with E-state index in [1.807, 2.05) is 0 Å². The first-order valence-electron chi connectivity index (χ1n) is 7.32. The fourth-order valence-corrected chi connectivity index (χ4v) is 4.48. The van der Waals surface area contributed by atoms with E-state index in [0.29, 0.717) is 20.1 Å². The van der Waals surface area contributed by atoms with Gasteiger partial charge in [0.25, 0.3) is 0 Å². The minimum absolute atomic E-state index is 0. The molecule has 9 nitrogen and oxygen atoms in total. The first kappa shape index (κ1) is 26.4. The van der Waals surface area contributed by atoms with Gasteiger partial charge in [-0.1, -0.05) is 31.9 Å². The number of halogens is 4. The van der Waals surface area contributed by atoms with Crippen LogP contribution in [0.15, 0.2) is 62.9 Å². The number of aromatic hydroxyl groups is 2. The summed E-state index contributed by atoms with van der Waals surface area (Å²) in [6, 6.07) is 6.64. The van der Waals surface area contributed by atoms with Crippen molar-refractivity contribution in [1.82, 2.24) is 0 Å². The number of benzene rings is 2. The average Bonchev–Trinajstić information content (AvgIpc) is 2.63. The van der Waals surface area contributed by atoms with Crippen LogP contribution in [-0.4, -0.2) is 17.5 Å². The molecule has 2 aromatic carbocycles. The summed E-state index contributed by atoms with van der Waals surface area (Å²) < 4.78 is 11.3. The number of hydrogen-bond donors (Lipinski definition) is 2. The van der Waals surface area contributed by atoms with E-state index in [4.69, 9.17) is 0 Å². The van der Waals surface area contributed by atoms with E-state index in [2.05, 4.69) is 94.0 Å². The van der Waals surface area contributed by atoms with E-state index in [-0.39, 0.29) is 43.4 Å². The fourth-order valence-electron chi connectivity index (χ4n) is 1.85. The van der Waals surface area contributed by atoms with Gasteiger partial charge in [-0.15, -0.1) is 0 Å². The molecule has 15 heteroatoms. The molecular formula is C14H10BBr4LiN4O5. The van der Waals surface area contributed by atoms with Gasteiger partial charge >= 0.3 is 26.2 Å². The van der Waals surface area contributed by atoms with Crippen LogP contribution in [0.1, 0.15) is 11.1 Å². The van der Waals surface area contributed by atoms with E-state index in [1.165, 1.54) is 0 Å². The fraction of sp³-hybridized carbons (Fsp3) is 0.143. The molecule has 0 bridgehead atoms. The number of rotatable bonds is 8. The van der Waals surface area contributed by atoms with Gasteiger partial charge in [-0.25, -0.2) is 0 Å². The SMILES string of the molecule is [Li+].[O-]B(O/N=N/Cc1cc(Br)cc(Br)c1O)O/N=N/Cc1cc(Br)cc(Br)c1O.